The summed E-state index contributed by atoms with van der Waals surface area (Å²) in [6.07, 6.45) is 0. The highest BCUT2D eigenvalue weighted by Crippen LogP contribution is 2.27. The summed E-state index contributed by atoms with van der Waals surface area (Å²) in [6, 6.07) is 9.75. The fourth-order valence-electron chi connectivity index (χ4n) is 1.56. The van der Waals surface area contributed by atoms with Crippen molar-refractivity contribution in [3.8, 4) is 5.69 Å². The Balaban J connectivity index is 2.16. The van der Waals surface area contributed by atoms with Crippen LogP contribution in [0.2, 0.25) is 0 Å². The van der Waals surface area contributed by atoms with Crippen LogP contribution in [0, 0.1) is 3.95 Å². The molecule has 20 heavy (non-hydrogen) atoms. The number of carbonyl (C=O) groups excluding carboxylic acids is 1. The second kappa shape index (κ2) is 7.01. The highest BCUT2D eigenvalue weighted by molar-refractivity contribution is 8.02. The van der Waals surface area contributed by atoms with Crippen molar-refractivity contribution >= 4 is 41.2 Å². The molecule has 7 heteroatoms. The van der Waals surface area contributed by atoms with Gasteiger partial charge in [0.05, 0.1) is 10.9 Å². The van der Waals surface area contributed by atoms with Crippen LogP contribution < -0.4 is 5.32 Å². The van der Waals surface area contributed by atoms with E-state index in [1.807, 2.05) is 44.2 Å². The first kappa shape index (κ1) is 15.2. The van der Waals surface area contributed by atoms with E-state index < -0.39 is 0 Å². The zero-order valence-corrected chi connectivity index (χ0v) is 13.6. The number of rotatable bonds is 5. The van der Waals surface area contributed by atoms with E-state index in [4.69, 9.17) is 12.2 Å². The molecule has 0 aliphatic carbocycles. The monoisotopic (exact) mass is 325 g/mol. The number of benzene rings is 1. The van der Waals surface area contributed by atoms with Crippen molar-refractivity contribution in [2.75, 3.05) is 6.54 Å². The van der Waals surface area contributed by atoms with E-state index in [9.17, 15) is 4.79 Å². The Kier molecular flexibility index (Phi) is 5.33. The smallest absolute Gasteiger partial charge is 0.233 e. The van der Waals surface area contributed by atoms with Gasteiger partial charge in [0.25, 0.3) is 0 Å². The van der Waals surface area contributed by atoms with Crippen molar-refractivity contribution in [2.45, 2.75) is 23.4 Å². The summed E-state index contributed by atoms with van der Waals surface area (Å²) in [5.41, 5.74) is 0.936. The predicted octanol–water partition coefficient (Wildman–Crippen LogP) is 3.28. The Morgan fingerprint density at radius 1 is 1.50 bits per heavy atom. The van der Waals surface area contributed by atoms with Crippen molar-refractivity contribution in [3.05, 3.63) is 34.3 Å². The van der Waals surface area contributed by atoms with Gasteiger partial charge in [0, 0.05) is 6.54 Å². The van der Waals surface area contributed by atoms with Gasteiger partial charge in [-0.1, -0.05) is 41.3 Å². The Morgan fingerprint density at radius 3 is 2.85 bits per heavy atom. The third-order valence-corrected chi connectivity index (χ3v) is 4.94. The first-order chi connectivity index (χ1) is 9.61. The molecule has 1 atom stereocenters. The first-order valence-corrected chi connectivity index (χ1v) is 8.32. The van der Waals surface area contributed by atoms with E-state index in [0.29, 0.717) is 10.5 Å². The summed E-state index contributed by atoms with van der Waals surface area (Å²) >= 11 is 8.18. The largest absolute Gasteiger partial charge is 0.355 e. The number of nitrogens with one attached hydrogen (secondary N) is 1. The topological polar surface area (TPSA) is 46.9 Å². The Bertz CT molecular complexity index is 636. The lowest BCUT2D eigenvalue weighted by Crippen LogP contribution is -2.30. The molecule has 1 aromatic heterocycles. The van der Waals surface area contributed by atoms with Crippen LogP contribution in [0.4, 0.5) is 0 Å². The average molecular weight is 325 g/mol. The molecule has 0 saturated heterocycles. The zero-order chi connectivity index (χ0) is 14.5. The molecule has 0 aliphatic rings. The van der Waals surface area contributed by atoms with Crippen molar-refractivity contribution in [2.24, 2.45) is 0 Å². The molecule has 2 aromatic rings. The predicted molar refractivity (Wildman–Crippen MR) is 86.3 cm³/mol. The standard InChI is InChI=1S/C13H15N3OS3/c1-3-14-11(17)9(2)19-12-15-16(13(18)20-12)10-7-5-4-6-8-10/h4-9H,3H2,1-2H3,(H,14,17)/t9-/m1/s1. The normalized spacial score (nSPS) is 12.1. The van der Waals surface area contributed by atoms with Crippen LogP contribution in [0.3, 0.4) is 0 Å². The van der Waals surface area contributed by atoms with Crippen LogP contribution in [0.25, 0.3) is 5.69 Å². The van der Waals surface area contributed by atoms with Crippen LogP contribution in [-0.4, -0.2) is 27.5 Å². The number of carbonyl (C=O) groups is 1. The number of hydrogen-bond donors (Lipinski definition) is 1. The number of aromatic nitrogens is 2. The van der Waals surface area contributed by atoms with Gasteiger partial charge in [-0.2, -0.15) is 0 Å². The quantitative estimate of drug-likeness (QED) is 0.677. The van der Waals surface area contributed by atoms with Gasteiger partial charge in [-0.05, 0) is 38.2 Å². The summed E-state index contributed by atoms with van der Waals surface area (Å²) in [5, 5.41) is 7.10. The van der Waals surface area contributed by atoms with Crippen molar-refractivity contribution in [1.82, 2.24) is 15.1 Å². The van der Waals surface area contributed by atoms with Gasteiger partial charge in [-0.25, -0.2) is 4.68 Å². The molecule has 0 radical (unpaired) electrons. The highest BCUT2D eigenvalue weighted by atomic mass is 32.2. The summed E-state index contributed by atoms with van der Waals surface area (Å²) in [7, 11) is 0. The molecule has 4 nitrogen and oxygen atoms in total. The minimum Gasteiger partial charge on any atom is -0.355 e. The van der Waals surface area contributed by atoms with Gasteiger partial charge in [0.15, 0.2) is 8.29 Å². The lowest BCUT2D eigenvalue weighted by atomic mass is 10.3. The number of para-hydroxylation sites is 1. The van der Waals surface area contributed by atoms with Crippen LogP contribution in [-0.2, 0) is 4.79 Å². The van der Waals surface area contributed by atoms with E-state index in [1.54, 1.807) is 4.68 Å². The maximum absolute atomic E-state index is 11.7. The zero-order valence-electron chi connectivity index (χ0n) is 11.2. The second-order valence-electron chi connectivity index (χ2n) is 4.04. The Morgan fingerprint density at radius 2 is 2.20 bits per heavy atom. The van der Waals surface area contributed by atoms with Crippen LogP contribution >= 0.6 is 35.3 Å². The van der Waals surface area contributed by atoms with Gasteiger partial charge >= 0.3 is 0 Å². The molecule has 1 N–H and O–H groups in total. The molecule has 0 bridgehead atoms. The SMILES string of the molecule is CCNC(=O)[C@@H](C)Sc1nn(-c2ccccc2)c(=S)s1. The molecule has 1 amide bonds. The van der Waals surface area contributed by atoms with Gasteiger partial charge in [0.2, 0.25) is 5.91 Å². The van der Waals surface area contributed by atoms with E-state index >= 15 is 0 Å². The summed E-state index contributed by atoms with van der Waals surface area (Å²) in [4.78, 5) is 11.7. The summed E-state index contributed by atoms with van der Waals surface area (Å²) in [6.45, 7) is 4.41. The number of hydrogen-bond acceptors (Lipinski definition) is 5. The van der Waals surface area contributed by atoms with Gasteiger partial charge in [-0.15, -0.1) is 5.10 Å². The first-order valence-electron chi connectivity index (χ1n) is 6.21. The molecule has 0 fully saturated rings. The minimum atomic E-state index is -0.181. The fraction of sp³-hybridized carbons (Fsp3) is 0.308. The van der Waals surface area contributed by atoms with Crippen molar-refractivity contribution < 1.29 is 4.79 Å². The average Bonchev–Trinajstić information content (AvgIpc) is 2.80. The summed E-state index contributed by atoms with van der Waals surface area (Å²) < 4.78 is 3.21. The lowest BCUT2D eigenvalue weighted by Gasteiger charge is -2.08. The number of thioether (sulfide) groups is 1. The molecule has 0 aliphatic heterocycles. The molecule has 0 spiro atoms. The van der Waals surface area contributed by atoms with Crippen molar-refractivity contribution in [3.63, 3.8) is 0 Å². The second-order valence-corrected chi connectivity index (χ2v) is 7.25. The number of nitrogens with zero attached hydrogens (tertiary/aromatic N) is 2. The maximum atomic E-state index is 11.7. The third-order valence-electron chi connectivity index (χ3n) is 2.53. The Labute approximate surface area is 131 Å². The van der Waals surface area contributed by atoms with Gasteiger partial charge < -0.3 is 5.32 Å². The Hall–Kier alpha value is -1.18. The third kappa shape index (κ3) is 3.68. The van der Waals surface area contributed by atoms with E-state index in [0.717, 1.165) is 10.0 Å². The lowest BCUT2D eigenvalue weighted by molar-refractivity contribution is -0.120. The summed E-state index contributed by atoms with van der Waals surface area (Å²) in [5.74, 6) is 0.0184. The molecule has 0 unspecified atom stereocenters. The molecule has 1 heterocycles. The molecular formula is C13H15N3OS3. The van der Waals surface area contributed by atoms with Gasteiger partial charge in [-0.3, -0.25) is 4.79 Å². The molecular weight excluding hydrogens is 310 g/mol. The van der Waals surface area contributed by atoms with E-state index in [1.165, 1.54) is 23.1 Å². The maximum Gasteiger partial charge on any atom is 0.233 e. The van der Waals surface area contributed by atoms with E-state index in [-0.39, 0.29) is 11.2 Å². The molecule has 0 saturated carbocycles. The van der Waals surface area contributed by atoms with Crippen LogP contribution in [0.1, 0.15) is 13.8 Å². The minimum absolute atomic E-state index is 0.0184. The van der Waals surface area contributed by atoms with Crippen LogP contribution in [0.5, 0.6) is 0 Å². The molecule has 106 valence electrons. The fourth-order valence-corrected chi connectivity index (χ4v) is 4.09. The van der Waals surface area contributed by atoms with E-state index in [2.05, 4.69) is 10.4 Å². The number of amides is 1. The highest BCUT2D eigenvalue weighted by Gasteiger charge is 2.16. The van der Waals surface area contributed by atoms with Crippen molar-refractivity contribution in [1.29, 1.82) is 0 Å². The van der Waals surface area contributed by atoms with Gasteiger partial charge in [0.1, 0.15) is 0 Å². The van der Waals surface area contributed by atoms with Crippen LogP contribution in [0.15, 0.2) is 34.7 Å². The molecule has 1 aromatic carbocycles. The molecule has 2 rings (SSSR count).